The fraction of sp³-hybridized carbons (Fsp3) is 0.286. The lowest BCUT2D eigenvalue weighted by Crippen LogP contribution is -2.35. The van der Waals surface area contributed by atoms with Crippen LogP contribution in [0.1, 0.15) is 22.8 Å². The number of anilines is 1. The molecule has 0 atom stereocenters. The normalized spacial score (nSPS) is 10.0. The van der Waals surface area contributed by atoms with Crippen molar-refractivity contribution in [3.05, 3.63) is 53.6 Å². The Morgan fingerprint density at radius 2 is 1.72 bits per heavy atom. The third kappa shape index (κ3) is 6.24. The number of carbonyl (C=O) groups is 3. The van der Waals surface area contributed by atoms with Gasteiger partial charge in [-0.3, -0.25) is 9.59 Å². The molecule has 0 aliphatic heterocycles. The first-order valence-electron chi connectivity index (χ1n) is 9.02. The zero-order valence-electron chi connectivity index (χ0n) is 16.6. The monoisotopic (exact) mass is 400 g/mol. The van der Waals surface area contributed by atoms with E-state index in [4.69, 9.17) is 14.2 Å². The van der Waals surface area contributed by atoms with Crippen LogP contribution >= 0.6 is 0 Å². The zero-order chi connectivity index (χ0) is 21.2. The molecule has 8 nitrogen and oxygen atoms in total. The standard InChI is InChI=1S/C21H24N2O6/c1-4-14-7-5-6-8-17(14)23-19(24)12-22-20(25)13-29-21(26)16-10-9-15(27-2)11-18(16)28-3/h5-11H,4,12-13H2,1-3H3,(H,22,25)(H,23,24). The van der Waals surface area contributed by atoms with E-state index >= 15 is 0 Å². The van der Waals surface area contributed by atoms with Crippen LogP contribution in [0, 0.1) is 0 Å². The van der Waals surface area contributed by atoms with Gasteiger partial charge in [-0.1, -0.05) is 25.1 Å². The molecule has 2 aromatic rings. The summed E-state index contributed by atoms with van der Waals surface area (Å²) in [7, 11) is 2.90. The van der Waals surface area contributed by atoms with E-state index in [0.29, 0.717) is 11.4 Å². The topological polar surface area (TPSA) is 103 Å². The van der Waals surface area contributed by atoms with Crippen molar-refractivity contribution in [1.82, 2.24) is 5.32 Å². The molecule has 0 heterocycles. The Labute approximate surface area is 169 Å². The van der Waals surface area contributed by atoms with Crippen LogP contribution in [0.5, 0.6) is 11.5 Å². The number of nitrogens with one attached hydrogen (secondary N) is 2. The van der Waals surface area contributed by atoms with Crippen LogP contribution < -0.4 is 20.1 Å². The fourth-order valence-electron chi connectivity index (χ4n) is 2.55. The summed E-state index contributed by atoms with van der Waals surface area (Å²) < 4.78 is 15.2. The number of carbonyl (C=O) groups excluding carboxylic acids is 3. The summed E-state index contributed by atoms with van der Waals surface area (Å²) in [5, 5.41) is 5.16. The van der Waals surface area contributed by atoms with Crippen LogP contribution in [0.2, 0.25) is 0 Å². The van der Waals surface area contributed by atoms with E-state index in [1.165, 1.54) is 26.4 Å². The number of esters is 1. The maximum Gasteiger partial charge on any atom is 0.342 e. The summed E-state index contributed by atoms with van der Waals surface area (Å²) in [6.07, 6.45) is 0.771. The molecule has 0 aliphatic rings. The summed E-state index contributed by atoms with van der Waals surface area (Å²) in [4.78, 5) is 36.1. The average Bonchev–Trinajstić information content (AvgIpc) is 2.75. The van der Waals surface area contributed by atoms with Gasteiger partial charge in [0.05, 0.1) is 20.8 Å². The summed E-state index contributed by atoms with van der Waals surface area (Å²) in [6.45, 7) is 1.23. The molecule has 0 saturated heterocycles. The van der Waals surface area contributed by atoms with Crippen molar-refractivity contribution in [3.8, 4) is 11.5 Å². The van der Waals surface area contributed by atoms with E-state index in [-0.39, 0.29) is 23.8 Å². The highest BCUT2D eigenvalue weighted by atomic mass is 16.5. The smallest absolute Gasteiger partial charge is 0.342 e. The van der Waals surface area contributed by atoms with Crippen LogP contribution in [-0.2, 0) is 20.7 Å². The highest BCUT2D eigenvalue weighted by molar-refractivity contribution is 5.96. The Bertz CT molecular complexity index is 881. The quantitative estimate of drug-likeness (QED) is 0.626. The number of ether oxygens (including phenoxy) is 3. The van der Waals surface area contributed by atoms with Gasteiger partial charge in [0, 0.05) is 11.8 Å². The van der Waals surface area contributed by atoms with Gasteiger partial charge in [0.15, 0.2) is 6.61 Å². The summed E-state index contributed by atoms with van der Waals surface area (Å²) in [5.41, 5.74) is 1.86. The van der Waals surface area contributed by atoms with Gasteiger partial charge >= 0.3 is 5.97 Å². The molecule has 0 spiro atoms. The number of amides is 2. The Morgan fingerprint density at radius 1 is 0.966 bits per heavy atom. The maximum absolute atomic E-state index is 12.2. The van der Waals surface area contributed by atoms with Gasteiger partial charge in [0.2, 0.25) is 5.91 Å². The molecule has 0 fully saturated rings. The molecule has 2 N–H and O–H groups in total. The Hall–Kier alpha value is -3.55. The highest BCUT2D eigenvalue weighted by Gasteiger charge is 2.16. The number of hydrogen-bond donors (Lipinski definition) is 2. The van der Waals surface area contributed by atoms with Gasteiger partial charge in [-0.2, -0.15) is 0 Å². The molecule has 2 rings (SSSR count). The SMILES string of the molecule is CCc1ccccc1NC(=O)CNC(=O)COC(=O)c1ccc(OC)cc1OC. The second kappa shape index (κ2) is 10.7. The maximum atomic E-state index is 12.2. The molecule has 2 amide bonds. The Morgan fingerprint density at radius 3 is 2.41 bits per heavy atom. The van der Waals surface area contributed by atoms with E-state index in [2.05, 4.69) is 10.6 Å². The lowest BCUT2D eigenvalue weighted by atomic mass is 10.1. The molecular formula is C21H24N2O6. The predicted molar refractivity (Wildman–Crippen MR) is 107 cm³/mol. The lowest BCUT2D eigenvalue weighted by molar-refractivity contribution is -0.126. The van der Waals surface area contributed by atoms with Crippen LogP contribution in [0.15, 0.2) is 42.5 Å². The third-order valence-electron chi connectivity index (χ3n) is 4.08. The van der Waals surface area contributed by atoms with Gasteiger partial charge in [-0.05, 0) is 30.2 Å². The summed E-state index contributed by atoms with van der Waals surface area (Å²) >= 11 is 0. The second-order valence-electron chi connectivity index (χ2n) is 5.98. The fourth-order valence-corrected chi connectivity index (χ4v) is 2.55. The number of aryl methyl sites for hydroxylation is 1. The molecule has 8 heteroatoms. The number of rotatable bonds is 9. The van der Waals surface area contributed by atoms with Crippen molar-refractivity contribution in [1.29, 1.82) is 0 Å². The second-order valence-corrected chi connectivity index (χ2v) is 5.98. The van der Waals surface area contributed by atoms with Crippen molar-refractivity contribution in [2.24, 2.45) is 0 Å². The molecule has 0 bridgehead atoms. The number of methoxy groups -OCH3 is 2. The van der Waals surface area contributed by atoms with Crippen LogP contribution in [0.4, 0.5) is 5.69 Å². The molecule has 0 radical (unpaired) electrons. The summed E-state index contributed by atoms with van der Waals surface area (Å²) in [5.74, 6) is -0.899. The Kier molecular flexibility index (Phi) is 8.02. The lowest BCUT2D eigenvalue weighted by Gasteiger charge is -2.11. The van der Waals surface area contributed by atoms with E-state index in [1.807, 2.05) is 25.1 Å². The van der Waals surface area contributed by atoms with E-state index in [9.17, 15) is 14.4 Å². The molecule has 0 aromatic heterocycles. The molecule has 0 saturated carbocycles. The number of para-hydroxylation sites is 1. The first-order valence-corrected chi connectivity index (χ1v) is 9.02. The third-order valence-corrected chi connectivity index (χ3v) is 4.08. The largest absolute Gasteiger partial charge is 0.497 e. The molecule has 29 heavy (non-hydrogen) atoms. The molecule has 154 valence electrons. The van der Waals surface area contributed by atoms with Crippen molar-refractivity contribution in [3.63, 3.8) is 0 Å². The summed E-state index contributed by atoms with van der Waals surface area (Å²) in [6, 6.07) is 12.0. The van der Waals surface area contributed by atoms with Crippen molar-refractivity contribution in [2.75, 3.05) is 32.7 Å². The van der Waals surface area contributed by atoms with Gasteiger partial charge in [0.25, 0.3) is 5.91 Å². The predicted octanol–water partition coefficient (Wildman–Crippen LogP) is 2.18. The van der Waals surface area contributed by atoms with Crippen molar-refractivity contribution in [2.45, 2.75) is 13.3 Å². The van der Waals surface area contributed by atoms with E-state index in [0.717, 1.165) is 12.0 Å². The molecule has 2 aromatic carbocycles. The number of hydrogen-bond acceptors (Lipinski definition) is 6. The van der Waals surface area contributed by atoms with Crippen LogP contribution in [-0.4, -0.2) is 45.2 Å². The number of benzene rings is 2. The molecule has 0 aliphatic carbocycles. The van der Waals surface area contributed by atoms with Gasteiger partial charge < -0.3 is 24.8 Å². The average molecular weight is 400 g/mol. The van der Waals surface area contributed by atoms with Gasteiger partial charge in [-0.25, -0.2) is 4.79 Å². The van der Waals surface area contributed by atoms with Crippen LogP contribution in [0.25, 0.3) is 0 Å². The van der Waals surface area contributed by atoms with Gasteiger partial charge in [0.1, 0.15) is 17.1 Å². The molecule has 0 unspecified atom stereocenters. The molecular weight excluding hydrogens is 376 g/mol. The highest BCUT2D eigenvalue weighted by Crippen LogP contribution is 2.25. The van der Waals surface area contributed by atoms with Crippen molar-refractivity contribution < 1.29 is 28.6 Å². The van der Waals surface area contributed by atoms with Crippen molar-refractivity contribution >= 4 is 23.5 Å². The zero-order valence-corrected chi connectivity index (χ0v) is 16.6. The van der Waals surface area contributed by atoms with Crippen LogP contribution in [0.3, 0.4) is 0 Å². The Balaban J connectivity index is 1.82. The first-order chi connectivity index (χ1) is 14.0. The minimum atomic E-state index is -0.721. The minimum absolute atomic E-state index is 0.162. The van der Waals surface area contributed by atoms with E-state index in [1.54, 1.807) is 12.1 Å². The van der Waals surface area contributed by atoms with E-state index < -0.39 is 18.5 Å². The van der Waals surface area contributed by atoms with Gasteiger partial charge in [-0.15, -0.1) is 0 Å². The minimum Gasteiger partial charge on any atom is -0.497 e. The first kappa shape index (κ1) is 21.7.